The van der Waals surface area contributed by atoms with Gasteiger partial charge in [-0.25, -0.2) is 4.39 Å². The van der Waals surface area contributed by atoms with Crippen molar-refractivity contribution in [3.05, 3.63) is 72.0 Å². The van der Waals surface area contributed by atoms with Crippen LogP contribution in [0.3, 0.4) is 0 Å². The molecule has 0 atom stereocenters. The van der Waals surface area contributed by atoms with E-state index in [1.54, 1.807) is 12.3 Å². The Hall–Kier alpha value is -2.68. The van der Waals surface area contributed by atoms with E-state index in [2.05, 4.69) is 28.1 Å². The van der Waals surface area contributed by atoms with E-state index in [1.807, 2.05) is 36.4 Å². The van der Waals surface area contributed by atoms with Gasteiger partial charge in [0, 0.05) is 19.3 Å². The third-order valence-corrected chi connectivity index (χ3v) is 4.51. The van der Waals surface area contributed by atoms with E-state index < -0.39 is 0 Å². The van der Waals surface area contributed by atoms with Crippen molar-refractivity contribution in [1.29, 1.82) is 0 Å². The molecule has 4 rings (SSSR count). The normalized spacial score (nSPS) is 14.8. The minimum atomic E-state index is -0.167. The van der Waals surface area contributed by atoms with Crippen molar-refractivity contribution in [1.82, 2.24) is 0 Å². The van der Waals surface area contributed by atoms with E-state index in [4.69, 9.17) is 0 Å². The number of halogens is 1. The number of nitrogens with zero attached hydrogens (tertiary/aromatic N) is 2. The number of anilines is 1. The maximum Gasteiger partial charge on any atom is 0.147 e. The second-order valence-corrected chi connectivity index (χ2v) is 6.19. The fourth-order valence-corrected chi connectivity index (χ4v) is 3.22. The topological polar surface area (TPSA) is 15.6 Å². The maximum absolute atomic E-state index is 14.3. The Labute approximate surface area is 141 Å². The Kier molecular flexibility index (Phi) is 3.99. The molecule has 0 bridgehead atoms. The number of rotatable bonds is 3. The van der Waals surface area contributed by atoms with Gasteiger partial charge in [-0.3, -0.25) is 4.99 Å². The lowest BCUT2D eigenvalue weighted by Gasteiger charge is -2.18. The van der Waals surface area contributed by atoms with Crippen LogP contribution in [-0.2, 0) is 0 Å². The summed E-state index contributed by atoms with van der Waals surface area (Å²) < 4.78 is 14.3. The predicted molar refractivity (Wildman–Crippen MR) is 99.0 cm³/mol. The molecule has 120 valence electrons. The van der Waals surface area contributed by atoms with Crippen LogP contribution in [-0.4, -0.2) is 19.3 Å². The summed E-state index contributed by atoms with van der Waals surface area (Å²) in [6.45, 7) is 1.89. The van der Waals surface area contributed by atoms with Crippen LogP contribution in [0.1, 0.15) is 18.4 Å². The van der Waals surface area contributed by atoms with Crippen LogP contribution >= 0.6 is 0 Å². The standard InChI is InChI=1S/C21H19FN2/c22-20-13-16(7-10-21(20)24-11-3-4-12-24)15-23-19-9-8-17-5-1-2-6-18(17)14-19/h1-2,5-10,13-15H,3-4,11-12H2. The van der Waals surface area contributed by atoms with Crippen molar-refractivity contribution in [3.63, 3.8) is 0 Å². The lowest BCUT2D eigenvalue weighted by atomic mass is 10.1. The molecule has 3 heteroatoms. The Morgan fingerprint density at radius 2 is 1.67 bits per heavy atom. The molecule has 2 nitrogen and oxygen atoms in total. The van der Waals surface area contributed by atoms with Crippen molar-refractivity contribution in [2.75, 3.05) is 18.0 Å². The summed E-state index contributed by atoms with van der Waals surface area (Å²) in [4.78, 5) is 6.60. The van der Waals surface area contributed by atoms with Crippen LogP contribution in [0.4, 0.5) is 15.8 Å². The molecule has 0 N–H and O–H groups in total. The zero-order valence-electron chi connectivity index (χ0n) is 13.5. The van der Waals surface area contributed by atoms with Crippen molar-refractivity contribution >= 4 is 28.4 Å². The van der Waals surface area contributed by atoms with E-state index >= 15 is 0 Å². The Bertz CT molecular complexity index is 895. The predicted octanol–water partition coefficient (Wildman–Crippen LogP) is 5.33. The van der Waals surface area contributed by atoms with Gasteiger partial charge in [-0.15, -0.1) is 0 Å². The number of hydrogen-bond donors (Lipinski definition) is 0. The average molecular weight is 318 g/mol. The van der Waals surface area contributed by atoms with Gasteiger partial charge in [0.15, 0.2) is 0 Å². The zero-order chi connectivity index (χ0) is 16.4. The first-order chi connectivity index (χ1) is 11.8. The van der Waals surface area contributed by atoms with Crippen LogP contribution in [0.15, 0.2) is 65.7 Å². The Morgan fingerprint density at radius 1 is 0.875 bits per heavy atom. The first-order valence-electron chi connectivity index (χ1n) is 8.37. The quantitative estimate of drug-likeness (QED) is 0.596. The number of benzene rings is 3. The molecule has 3 aromatic rings. The highest BCUT2D eigenvalue weighted by Gasteiger charge is 2.15. The molecule has 0 unspecified atom stereocenters. The largest absolute Gasteiger partial charge is 0.369 e. The molecule has 0 radical (unpaired) electrons. The van der Waals surface area contributed by atoms with Crippen molar-refractivity contribution in [3.8, 4) is 0 Å². The van der Waals surface area contributed by atoms with Crippen LogP contribution in [0.2, 0.25) is 0 Å². The third kappa shape index (κ3) is 3.02. The summed E-state index contributed by atoms with van der Waals surface area (Å²) in [5.41, 5.74) is 2.36. The summed E-state index contributed by atoms with van der Waals surface area (Å²) >= 11 is 0. The van der Waals surface area contributed by atoms with Crippen LogP contribution in [0, 0.1) is 5.82 Å². The van der Waals surface area contributed by atoms with Crippen molar-refractivity contribution in [2.24, 2.45) is 4.99 Å². The van der Waals surface area contributed by atoms with Gasteiger partial charge in [0.05, 0.1) is 11.4 Å². The van der Waals surface area contributed by atoms with E-state index in [-0.39, 0.29) is 5.82 Å². The minimum absolute atomic E-state index is 0.167. The van der Waals surface area contributed by atoms with E-state index in [0.29, 0.717) is 5.69 Å². The van der Waals surface area contributed by atoms with E-state index in [1.165, 1.54) is 5.39 Å². The molecule has 0 saturated carbocycles. The fourth-order valence-electron chi connectivity index (χ4n) is 3.22. The minimum Gasteiger partial charge on any atom is -0.369 e. The summed E-state index contributed by atoms with van der Waals surface area (Å²) in [5, 5.41) is 2.35. The SMILES string of the molecule is Fc1cc(C=Nc2ccc3ccccc3c2)ccc1N1CCCC1. The summed E-state index contributed by atoms with van der Waals surface area (Å²) in [6.07, 6.45) is 4.01. The number of fused-ring (bicyclic) bond motifs is 1. The highest BCUT2D eigenvalue weighted by atomic mass is 19.1. The highest BCUT2D eigenvalue weighted by molar-refractivity contribution is 5.87. The van der Waals surface area contributed by atoms with Crippen LogP contribution < -0.4 is 4.90 Å². The van der Waals surface area contributed by atoms with Gasteiger partial charge in [0.25, 0.3) is 0 Å². The van der Waals surface area contributed by atoms with Crippen LogP contribution in [0.25, 0.3) is 10.8 Å². The Balaban J connectivity index is 1.57. The molecular weight excluding hydrogens is 299 g/mol. The van der Waals surface area contributed by atoms with E-state index in [9.17, 15) is 4.39 Å². The monoisotopic (exact) mass is 318 g/mol. The second-order valence-electron chi connectivity index (χ2n) is 6.19. The van der Waals surface area contributed by atoms with Gasteiger partial charge < -0.3 is 4.90 Å². The van der Waals surface area contributed by atoms with Gasteiger partial charge in [-0.2, -0.15) is 0 Å². The molecular formula is C21H19FN2. The summed E-state index contributed by atoms with van der Waals surface area (Å²) in [5.74, 6) is -0.167. The molecule has 0 aliphatic carbocycles. The molecule has 0 aromatic heterocycles. The smallest absolute Gasteiger partial charge is 0.147 e. The first kappa shape index (κ1) is 14.9. The van der Waals surface area contributed by atoms with Gasteiger partial charge in [-0.05, 0) is 53.4 Å². The lowest BCUT2D eigenvalue weighted by molar-refractivity contribution is 0.623. The number of aliphatic imine (C=N–C) groups is 1. The molecule has 1 aliphatic rings. The van der Waals surface area contributed by atoms with Gasteiger partial charge in [-0.1, -0.05) is 36.4 Å². The molecule has 3 aromatic carbocycles. The van der Waals surface area contributed by atoms with Gasteiger partial charge in [0.2, 0.25) is 0 Å². The van der Waals surface area contributed by atoms with Gasteiger partial charge >= 0.3 is 0 Å². The third-order valence-electron chi connectivity index (χ3n) is 4.51. The molecule has 1 saturated heterocycles. The first-order valence-corrected chi connectivity index (χ1v) is 8.37. The Morgan fingerprint density at radius 3 is 2.46 bits per heavy atom. The molecule has 24 heavy (non-hydrogen) atoms. The average Bonchev–Trinajstić information content (AvgIpc) is 3.14. The maximum atomic E-state index is 14.3. The zero-order valence-corrected chi connectivity index (χ0v) is 13.5. The lowest BCUT2D eigenvalue weighted by Crippen LogP contribution is -2.18. The molecule has 1 heterocycles. The van der Waals surface area contributed by atoms with Gasteiger partial charge in [0.1, 0.15) is 5.82 Å². The van der Waals surface area contributed by atoms with E-state index in [0.717, 1.165) is 42.6 Å². The number of hydrogen-bond acceptors (Lipinski definition) is 2. The molecule has 1 fully saturated rings. The molecule has 0 spiro atoms. The van der Waals surface area contributed by atoms with Crippen LogP contribution in [0.5, 0.6) is 0 Å². The molecule has 0 amide bonds. The van der Waals surface area contributed by atoms with Crippen molar-refractivity contribution < 1.29 is 4.39 Å². The van der Waals surface area contributed by atoms with Crippen molar-refractivity contribution in [2.45, 2.75) is 12.8 Å². The summed E-state index contributed by atoms with van der Waals surface area (Å²) in [7, 11) is 0. The highest BCUT2D eigenvalue weighted by Crippen LogP contribution is 2.25. The second kappa shape index (κ2) is 6.44. The molecule has 1 aliphatic heterocycles. The fraction of sp³-hybridized carbons (Fsp3) is 0.190. The summed E-state index contributed by atoms with van der Waals surface area (Å²) in [6, 6.07) is 19.6.